The van der Waals surface area contributed by atoms with Crippen molar-refractivity contribution in [1.82, 2.24) is 5.32 Å². The number of hydrogen-bond donors (Lipinski definition) is 1. The van der Waals surface area contributed by atoms with E-state index in [9.17, 15) is 0 Å². The molecule has 0 saturated heterocycles. The van der Waals surface area contributed by atoms with Crippen LogP contribution >= 0.6 is 27.5 Å². The van der Waals surface area contributed by atoms with Crippen LogP contribution in [0.25, 0.3) is 0 Å². The van der Waals surface area contributed by atoms with Crippen molar-refractivity contribution in [2.75, 3.05) is 7.05 Å². The first kappa shape index (κ1) is 16.5. The molecule has 0 fully saturated rings. The minimum Gasteiger partial charge on any atom is -0.309 e. The summed E-state index contributed by atoms with van der Waals surface area (Å²) in [5, 5.41) is 4.11. The zero-order valence-corrected chi connectivity index (χ0v) is 15.0. The van der Waals surface area contributed by atoms with Crippen molar-refractivity contribution >= 4 is 27.5 Å². The van der Waals surface area contributed by atoms with Crippen LogP contribution in [0, 0.1) is 0 Å². The fourth-order valence-electron chi connectivity index (χ4n) is 2.47. The highest BCUT2D eigenvalue weighted by Crippen LogP contribution is 2.30. The predicted molar refractivity (Wildman–Crippen MR) is 95.2 cm³/mol. The Bertz CT molecular complexity index is 595. The first-order valence-electron chi connectivity index (χ1n) is 7.28. The molecule has 2 aromatic rings. The van der Waals surface area contributed by atoms with Crippen LogP contribution in [-0.2, 0) is 0 Å². The lowest BCUT2D eigenvalue weighted by Crippen LogP contribution is -2.17. The summed E-state index contributed by atoms with van der Waals surface area (Å²) in [5.41, 5.74) is 3.81. The fraction of sp³-hybridized carbons (Fsp3) is 0.333. The monoisotopic (exact) mass is 365 g/mol. The molecule has 0 heterocycles. The highest BCUT2D eigenvalue weighted by Gasteiger charge is 2.13. The van der Waals surface area contributed by atoms with Crippen LogP contribution in [0.15, 0.2) is 46.9 Å². The highest BCUT2D eigenvalue weighted by atomic mass is 79.9. The summed E-state index contributed by atoms with van der Waals surface area (Å²) in [6.07, 6.45) is 1.16. The average molecular weight is 367 g/mol. The molecular weight excluding hydrogens is 346 g/mol. The van der Waals surface area contributed by atoms with Gasteiger partial charge >= 0.3 is 0 Å². The molecule has 2 unspecified atom stereocenters. The second-order valence-corrected chi connectivity index (χ2v) is 6.63. The lowest BCUT2D eigenvalue weighted by Gasteiger charge is -2.19. The summed E-state index contributed by atoms with van der Waals surface area (Å²) < 4.78 is 0.926. The molecule has 0 amide bonds. The van der Waals surface area contributed by atoms with Gasteiger partial charge in [0.1, 0.15) is 0 Å². The van der Waals surface area contributed by atoms with E-state index >= 15 is 0 Å². The van der Waals surface area contributed by atoms with Gasteiger partial charge in [0, 0.05) is 4.47 Å². The van der Waals surface area contributed by atoms with Crippen molar-refractivity contribution in [2.24, 2.45) is 0 Å². The third kappa shape index (κ3) is 3.88. The van der Waals surface area contributed by atoms with E-state index in [0.717, 1.165) is 15.9 Å². The van der Waals surface area contributed by atoms with E-state index in [1.54, 1.807) is 0 Å². The summed E-state index contributed by atoms with van der Waals surface area (Å²) in [6.45, 7) is 4.48. The lowest BCUT2D eigenvalue weighted by molar-refractivity contribution is 0.688. The summed E-state index contributed by atoms with van der Waals surface area (Å²) >= 11 is 9.65. The van der Waals surface area contributed by atoms with Gasteiger partial charge in [0.15, 0.2) is 0 Å². The molecule has 2 aromatic carbocycles. The van der Waals surface area contributed by atoms with Gasteiger partial charge in [-0.05, 0) is 64.1 Å². The Morgan fingerprint density at radius 1 is 1.05 bits per heavy atom. The molecule has 3 heteroatoms. The van der Waals surface area contributed by atoms with E-state index < -0.39 is 0 Å². The molecule has 0 saturated carbocycles. The van der Waals surface area contributed by atoms with Crippen molar-refractivity contribution in [3.63, 3.8) is 0 Å². The number of halogens is 2. The maximum Gasteiger partial charge on any atom is 0.0574 e. The second kappa shape index (κ2) is 7.44. The van der Waals surface area contributed by atoms with E-state index in [1.807, 2.05) is 19.2 Å². The molecule has 2 rings (SSSR count). The first-order valence-corrected chi connectivity index (χ1v) is 8.46. The van der Waals surface area contributed by atoms with E-state index in [0.29, 0.717) is 5.92 Å². The Morgan fingerprint density at radius 2 is 1.62 bits per heavy atom. The Morgan fingerprint density at radius 3 is 2.14 bits per heavy atom. The quantitative estimate of drug-likeness (QED) is 0.692. The Hall–Kier alpha value is -0.830. The largest absolute Gasteiger partial charge is 0.309 e. The predicted octanol–water partition coefficient (Wildman–Crippen LogP) is 5.92. The zero-order chi connectivity index (χ0) is 15.4. The molecule has 21 heavy (non-hydrogen) atoms. The van der Waals surface area contributed by atoms with Crippen molar-refractivity contribution < 1.29 is 0 Å². The topological polar surface area (TPSA) is 12.0 Å². The van der Waals surface area contributed by atoms with Crippen LogP contribution in [0.1, 0.15) is 48.9 Å². The summed E-state index contributed by atoms with van der Waals surface area (Å²) in [7, 11) is 1.98. The number of hydrogen-bond acceptors (Lipinski definition) is 1. The molecule has 0 aliphatic carbocycles. The molecule has 112 valence electrons. The van der Waals surface area contributed by atoms with Gasteiger partial charge in [-0.3, -0.25) is 0 Å². The molecule has 0 aliphatic heterocycles. The first-order chi connectivity index (χ1) is 10.1. The fourth-order valence-corrected chi connectivity index (χ4v) is 2.91. The van der Waals surface area contributed by atoms with Gasteiger partial charge in [-0.2, -0.15) is 0 Å². The van der Waals surface area contributed by atoms with E-state index in [2.05, 4.69) is 65.4 Å². The molecule has 0 radical (unpaired) electrons. The summed E-state index contributed by atoms with van der Waals surface area (Å²) in [4.78, 5) is 0. The van der Waals surface area contributed by atoms with Crippen LogP contribution in [0.5, 0.6) is 0 Å². The summed E-state index contributed by atoms with van der Waals surface area (Å²) in [5.74, 6) is 0.606. The second-order valence-electron chi connectivity index (χ2n) is 5.37. The average Bonchev–Trinajstić information content (AvgIpc) is 2.51. The lowest BCUT2D eigenvalue weighted by atomic mass is 9.94. The van der Waals surface area contributed by atoms with Gasteiger partial charge in [0.2, 0.25) is 0 Å². The van der Waals surface area contributed by atoms with Crippen molar-refractivity contribution in [2.45, 2.75) is 32.2 Å². The van der Waals surface area contributed by atoms with Gasteiger partial charge in [0.25, 0.3) is 0 Å². The van der Waals surface area contributed by atoms with E-state index in [4.69, 9.17) is 11.6 Å². The molecule has 2 atom stereocenters. The van der Waals surface area contributed by atoms with Gasteiger partial charge in [-0.1, -0.05) is 55.8 Å². The van der Waals surface area contributed by atoms with Gasteiger partial charge in [0.05, 0.1) is 11.1 Å². The minimum atomic E-state index is 0.154. The number of nitrogens with one attached hydrogen (secondary N) is 1. The normalized spacial score (nSPS) is 14.0. The zero-order valence-electron chi connectivity index (χ0n) is 12.7. The maximum atomic E-state index is 6.21. The van der Waals surface area contributed by atoms with Crippen LogP contribution in [0.2, 0.25) is 5.02 Å². The standard InChI is InChI=1S/C18H21BrClN/c1-4-12(2)13-5-7-14(8-6-13)18(21-3)15-9-10-16(19)17(20)11-15/h5-12,18,21H,4H2,1-3H3. The molecule has 0 aromatic heterocycles. The molecule has 0 aliphatic rings. The van der Waals surface area contributed by atoms with E-state index in [-0.39, 0.29) is 6.04 Å². The smallest absolute Gasteiger partial charge is 0.0574 e. The van der Waals surface area contributed by atoms with Crippen molar-refractivity contribution in [3.8, 4) is 0 Å². The van der Waals surface area contributed by atoms with Gasteiger partial charge < -0.3 is 5.32 Å². The Kier molecular flexibility index (Phi) is 5.86. The maximum absolute atomic E-state index is 6.21. The SMILES string of the molecule is CCC(C)c1ccc(C(NC)c2ccc(Br)c(Cl)c2)cc1. The van der Waals surface area contributed by atoms with Crippen LogP contribution in [0.3, 0.4) is 0 Å². The third-order valence-electron chi connectivity index (χ3n) is 4.02. The van der Waals surface area contributed by atoms with Gasteiger partial charge in [-0.25, -0.2) is 0 Å². The number of benzene rings is 2. The van der Waals surface area contributed by atoms with Crippen LogP contribution in [-0.4, -0.2) is 7.05 Å². The molecule has 0 spiro atoms. The summed E-state index contributed by atoms with van der Waals surface area (Å²) in [6, 6.07) is 15.1. The molecule has 0 bridgehead atoms. The van der Waals surface area contributed by atoms with E-state index in [1.165, 1.54) is 16.7 Å². The number of rotatable bonds is 5. The van der Waals surface area contributed by atoms with Crippen molar-refractivity contribution in [1.29, 1.82) is 0 Å². The van der Waals surface area contributed by atoms with Crippen LogP contribution < -0.4 is 5.32 Å². The third-order valence-corrected chi connectivity index (χ3v) is 5.25. The molecule has 1 nitrogen and oxygen atoms in total. The van der Waals surface area contributed by atoms with Crippen LogP contribution in [0.4, 0.5) is 0 Å². The minimum absolute atomic E-state index is 0.154. The van der Waals surface area contributed by atoms with Gasteiger partial charge in [-0.15, -0.1) is 0 Å². The van der Waals surface area contributed by atoms with Crippen molar-refractivity contribution in [3.05, 3.63) is 68.7 Å². The Labute approximate surface area is 140 Å². The Balaban J connectivity index is 2.30. The molecular formula is C18H21BrClN. The highest BCUT2D eigenvalue weighted by molar-refractivity contribution is 9.10. The molecule has 1 N–H and O–H groups in total.